The highest BCUT2D eigenvalue weighted by molar-refractivity contribution is 9.10. The van der Waals surface area contributed by atoms with Crippen LogP contribution in [0.15, 0.2) is 22.7 Å². The molecule has 28 heavy (non-hydrogen) atoms. The molecule has 1 aliphatic heterocycles. The zero-order chi connectivity index (χ0) is 20.7. The van der Waals surface area contributed by atoms with Crippen molar-refractivity contribution in [3.8, 4) is 5.75 Å². The predicted octanol–water partition coefficient (Wildman–Crippen LogP) is 2.91. The first kappa shape index (κ1) is 22.2. The maximum Gasteiger partial charge on any atom is 0.308 e. The third kappa shape index (κ3) is 5.95. The van der Waals surface area contributed by atoms with E-state index in [0.29, 0.717) is 35.5 Å². The van der Waals surface area contributed by atoms with Crippen LogP contribution in [0.2, 0.25) is 0 Å². The van der Waals surface area contributed by atoms with Crippen molar-refractivity contribution in [2.24, 2.45) is 0 Å². The summed E-state index contributed by atoms with van der Waals surface area (Å²) < 4.78 is 11.5. The van der Waals surface area contributed by atoms with Crippen LogP contribution in [0.1, 0.15) is 50.4 Å². The summed E-state index contributed by atoms with van der Waals surface area (Å²) in [6.07, 6.45) is 1.53. The fourth-order valence-electron chi connectivity index (χ4n) is 2.86. The number of nitrogens with zero attached hydrogens (tertiary/aromatic N) is 1. The molecule has 1 unspecified atom stereocenters. The minimum absolute atomic E-state index is 0.00624. The van der Waals surface area contributed by atoms with Crippen molar-refractivity contribution in [2.45, 2.75) is 52.2 Å². The summed E-state index contributed by atoms with van der Waals surface area (Å²) in [4.78, 5) is 38.8. The molecule has 0 aromatic heterocycles. The number of hydrogen-bond donors (Lipinski definition) is 1. The SMILES string of the molecule is CCCCOC(=O)CC1C(=O)NCCN1C(=O)c1ccc(OC(C)C)c(Br)c1. The number of rotatable bonds is 8. The average Bonchev–Trinajstić information content (AvgIpc) is 2.64. The Bertz CT molecular complexity index is 723. The van der Waals surface area contributed by atoms with E-state index in [1.165, 1.54) is 4.90 Å². The Morgan fingerprint density at radius 2 is 2.11 bits per heavy atom. The second-order valence-electron chi connectivity index (χ2n) is 6.90. The van der Waals surface area contributed by atoms with E-state index in [9.17, 15) is 14.4 Å². The molecule has 1 saturated heterocycles. The molecule has 1 aromatic rings. The van der Waals surface area contributed by atoms with Crippen molar-refractivity contribution in [3.63, 3.8) is 0 Å². The molecule has 1 fully saturated rings. The number of hydrogen-bond acceptors (Lipinski definition) is 5. The molecule has 7 nitrogen and oxygen atoms in total. The summed E-state index contributed by atoms with van der Waals surface area (Å²) in [6, 6.07) is 4.17. The van der Waals surface area contributed by atoms with E-state index in [-0.39, 0.29) is 24.3 Å². The van der Waals surface area contributed by atoms with E-state index in [1.807, 2.05) is 20.8 Å². The number of amides is 2. The summed E-state index contributed by atoms with van der Waals surface area (Å²) in [5, 5.41) is 2.71. The van der Waals surface area contributed by atoms with Crippen LogP contribution in [0.5, 0.6) is 5.75 Å². The number of carbonyl (C=O) groups excluding carboxylic acids is 3. The first-order chi connectivity index (χ1) is 13.3. The number of piperazine rings is 1. The molecule has 2 rings (SSSR count). The number of carbonyl (C=O) groups is 3. The Balaban J connectivity index is 2.13. The average molecular weight is 455 g/mol. The Morgan fingerprint density at radius 3 is 2.75 bits per heavy atom. The van der Waals surface area contributed by atoms with Gasteiger partial charge in [-0.2, -0.15) is 0 Å². The lowest BCUT2D eigenvalue weighted by Gasteiger charge is -2.34. The summed E-state index contributed by atoms with van der Waals surface area (Å²) >= 11 is 3.42. The highest BCUT2D eigenvalue weighted by Crippen LogP contribution is 2.28. The van der Waals surface area contributed by atoms with Crippen LogP contribution in [0.25, 0.3) is 0 Å². The van der Waals surface area contributed by atoms with Gasteiger partial charge in [0.2, 0.25) is 5.91 Å². The molecule has 0 bridgehead atoms. The standard InChI is InChI=1S/C20H27BrN2O5/c1-4-5-10-27-18(24)12-16-19(25)22-8-9-23(16)20(26)14-6-7-17(15(21)11-14)28-13(2)3/h6-7,11,13,16H,4-5,8-10,12H2,1-3H3,(H,22,25). The number of unbranched alkanes of at least 4 members (excludes halogenated alkanes) is 1. The predicted molar refractivity (Wildman–Crippen MR) is 108 cm³/mol. The van der Waals surface area contributed by atoms with Gasteiger partial charge in [0, 0.05) is 18.7 Å². The van der Waals surface area contributed by atoms with Gasteiger partial charge in [-0.15, -0.1) is 0 Å². The van der Waals surface area contributed by atoms with E-state index in [0.717, 1.165) is 12.8 Å². The fourth-order valence-corrected chi connectivity index (χ4v) is 3.33. The monoisotopic (exact) mass is 454 g/mol. The lowest BCUT2D eigenvalue weighted by Crippen LogP contribution is -2.57. The van der Waals surface area contributed by atoms with Gasteiger partial charge in [-0.25, -0.2) is 0 Å². The molecular formula is C20H27BrN2O5. The Labute approximate surface area is 173 Å². The van der Waals surface area contributed by atoms with E-state index in [4.69, 9.17) is 9.47 Å². The van der Waals surface area contributed by atoms with Gasteiger partial charge in [-0.3, -0.25) is 14.4 Å². The molecule has 0 spiro atoms. The molecule has 154 valence electrons. The van der Waals surface area contributed by atoms with E-state index in [2.05, 4.69) is 21.2 Å². The summed E-state index contributed by atoms with van der Waals surface area (Å²) in [6.45, 7) is 6.84. The van der Waals surface area contributed by atoms with Crippen LogP contribution in [0.4, 0.5) is 0 Å². The third-order valence-corrected chi connectivity index (χ3v) is 4.87. The highest BCUT2D eigenvalue weighted by Gasteiger charge is 2.35. The molecule has 0 saturated carbocycles. The van der Waals surface area contributed by atoms with Crippen molar-refractivity contribution in [3.05, 3.63) is 28.2 Å². The molecule has 8 heteroatoms. The van der Waals surface area contributed by atoms with Crippen molar-refractivity contribution < 1.29 is 23.9 Å². The van der Waals surface area contributed by atoms with Crippen LogP contribution in [-0.2, 0) is 14.3 Å². The van der Waals surface area contributed by atoms with Crippen molar-refractivity contribution in [1.82, 2.24) is 10.2 Å². The van der Waals surface area contributed by atoms with E-state index >= 15 is 0 Å². The first-order valence-corrected chi connectivity index (χ1v) is 10.3. The summed E-state index contributed by atoms with van der Waals surface area (Å²) in [7, 11) is 0. The molecule has 0 aliphatic carbocycles. The number of halogens is 1. The zero-order valence-corrected chi connectivity index (χ0v) is 18.1. The van der Waals surface area contributed by atoms with Gasteiger partial charge in [-0.1, -0.05) is 13.3 Å². The lowest BCUT2D eigenvalue weighted by atomic mass is 10.1. The van der Waals surface area contributed by atoms with Crippen LogP contribution in [0, 0.1) is 0 Å². The van der Waals surface area contributed by atoms with Crippen molar-refractivity contribution >= 4 is 33.7 Å². The van der Waals surface area contributed by atoms with Crippen LogP contribution >= 0.6 is 15.9 Å². The van der Waals surface area contributed by atoms with Gasteiger partial charge < -0.3 is 19.7 Å². The first-order valence-electron chi connectivity index (χ1n) is 9.54. The number of ether oxygens (including phenoxy) is 2. The second kappa shape index (κ2) is 10.5. The van der Waals surface area contributed by atoms with Crippen LogP contribution < -0.4 is 10.1 Å². The number of benzene rings is 1. The molecule has 0 radical (unpaired) electrons. The Morgan fingerprint density at radius 1 is 1.36 bits per heavy atom. The van der Waals surface area contributed by atoms with Crippen molar-refractivity contribution in [1.29, 1.82) is 0 Å². The Kier molecular flexibility index (Phi) is 8.29. The molecule has 2 amide bonds. The Hall–Kier alpha value is -2.09. The van der Waals surface area contributed by atoms with Gasteiger partial charge in [-0.05, 0) is 54.4 Å². The molecular weight excluding hydrogens is 428 g/mol. The molecule has 1 atom stereocenters. The normalized spacial score (nSPS) is 16.7. The van der Waals surface area contributed by atoms with E-state index in [1.54, 1.807) is 18.2 Å². The van der Waals surface area contributed by atoms with Crippen LogP contribution in [0.3, 0.4) is 0 Å². The third-order valence-electron chi connectivity index (χ3n) is 4.25. The summed E-state index contributed by atoms with van der Waals surface area (Å²) in [5.74, 6) is -0.488. The fraction of sp³-hybridized carbons (Fsp3) is 0.550. The van der Waals surface area contributed by atoms with Gasteiger partial charge in [0.1, 0.15) is 11.8 Å². The maximum absolute atomic E-state index is 13.0. The quantitative estimate of drug-likeness (QED) is 0.482. The molecule has 1 aromatic carbocycles. The van der Waals surface area contributed by atoms with E-state index < -0.39 is 12.0 Å². The van der Waals surface area contributed by atoms with Crippen LogP contribution in [-0.4, -0.2) is 54.5 Å². The van der Waals surface area contributed by atoms with Gasteiger partial charge in [0.25, 0.3) is 5.91 Å². The van der Waals surface area contributed by atoms with Crippen molar-refractivity contribution in [2.75, 3.05) is 19.7 Å². The smallest absolute Gasteiger partial charge is 0.308 e. The lowest BCUT2D eigenvalue weighted by molar-refractivity contribution is -0.147. The maximum atomic E-state index is 13.0. The molecule has 1 N–H and O–H groups in total. The highest BCUT2D eigenvalue weighted by atomic mass is 79.9. The largest absolute Gasteiger partial charge is 0.490 e. The minimum atomic E-state index is -0.874. The van der Waals surface area contributed by atoms with Gasteiger partial charge in [0.05, 0.1) is 23.6 Å². The topological polar surface area (TPSA) is 84.9 Å². The van der Waals surface area contributed by atoms with Gasteiger partial charge >= 0.3 is 5.97 Å². The molecule has 1 heterocycles. The second-order valence-corrected chi connectivity index (χ2v) is 7.75. The summed E-state index contributed by atoms with van der Waals surface area (Å²) in [5.41, 5.74) is 0.419. The minimum Gasteiger partial charge on any atom is -0.490 e. The molecule has 1 aliphatic rings. The number of esters is 1. The van der Waals surface area contributed by atoms with Gasteiger partial charge in [0.15, 0.2) is 0 Å². The number of nitrogens with one attached hydrogen (secondary N) is 1. The zero-order valence-electron chi connectivity index (χ0n) is 16.5.